The van der Waals surface area contributed by atoms with Crippen LogP contribution in [-0.2, 0) is 21.0 Å². The zero-order valence-corrected chi connectivity index (χ0v) is 13.1. The first kappa shape index (κ1) is 17.5. The molecule has 0 fully saturated rings. The molecule has 1 rings (SSSR count). The van der Waals surface area contributed by atoms with E-state index in [-0.39, 0.29) is 4.90 Å². The first-order valence-corrected chi connectivity index (χ1v) is 9.30. The summed E-state index contributed by atoms with van der Waals surface area (Å²) in [6, 6.07) is 5.78. The lowest BCUT2D eigenvalue weighted by Crippen LogP contribution is -2.05. The Morgan fingerprint density at radius 2 is 1.67 bits per heavy atom. The summed E-state index contributed by atoms with van der Waals surface area (Å²) in [7, 11) is -3.55. The van der Waals surface area contributed by atoms with Crippen molar-refractivity contribution in [3.05, 3.63) is 29.8 Å². The highest BCUT2D eigenvalue weighted by Crippen LogP contribution is 2.08. The highest BCUT2D eigenvalue weighted by atomic mass is 32.2. The lowest BCUT2D eigenvalue weighted by molar-refractivity contribution is 0.463. The van der Waals surface area contributed by atoms with Gasteiger partial charge in [-0.05, 0) is 43.3 Å². The predicted octanol–water partition coefficient (Wildman–Crippen LogP) is 2.56. The van der Waals surface area contributed by atoms with Crippen LogP contribution in [0.15, 0.2) is 29.2 Å². The van der Waals surface area contributed by atoms with E-state index < -0.39 is 10.1 Å². The quantitative estimate of drug-likeness (QED) is 0.632. The summed E-state index contributed by atoms with van der Waals surface area (Å²) < 4.78 is 31.2. The molecule has 0 aromatic heterocycles. The van der Waals surface area contributed by atoms with Gasteiger partial charge in [0.2, 0.25) is 0 Å². The van der Waals surface area contributed by atoms with E-state index in [2.05, 4.69) is 20.1 Å². The molecule has 0 amide bonds. The molecule has 0 heterocycles. The Morgan fingerprint density at radius 3 is 1.94 bits per heavy atom. The summed E-state index contributed by atoms with van der Waals surface area (Å²) in [6.07, 6.45) is 3.69. The third kappa shape index (κ3) is 7.74. The third-order valence-electron chi connectivity index (χ3n) is 2.36. The van der Waals surface area contributed by atoms with Gasteiger partial charge < -0.3 is 4.55 Å². The van der Waals surface area contributed by atoms with Crippen molar-refractivity contribution < 1.29 is 13.0 Å². The lowest BCUT2D eigenvalue weighted by atomic mass is 10.2. The standard InChI is InChI=1S/C7H8O3S.C6H15S/c1-6-2-4-7(5-3-6)11(8,9)10;1-4-6-7(3)5-2/h2-5H,1H3,(H,8,9,10);4-6H2,1-3H3/q;+1/p-1. The largest absolute Gasteiger partial charge is 0.744 e. The van der Waals surface area contributed by atoms with Gasteiger partial charge in [-0.15, -0.1) is 0 Å². The first-order chi connectivity index (χ1) is 8.31. The van der Waals surface area contributed by atoms with Crippen LogP contribution in [0.25, 0.3) is 0 Å². The van der Waals surface area contributed by atoms with Crippen molar-refractivity contribution >= 4 is 21.0 Å². The van der Waals surface area contributed by atoms with Gasteiger partial charge in [0.1, 0.15) is 21.6 Å². The van der Waals surface area contributed by atoms with Gasteiger partial charge in [0.25, 0.3) is 0 Å². The minimum absolute atomic E-state index is 0.178. The van der Waals surface area contributed by atoms with Crippen molar-refractivity contribution in [2.45, 2.75) is 32.1 Å². The fraction of sp³-hybridized carbons (Fsp3) is 0.538. The van der Waals surface area contributed by atoms with E-state index in [4.69, 9.17) is 0 Å². The van der Waals surface area contributed by atoms with E-state index in [1.165, 1.54) is 30.1 Å². The summed E-state index contributed by atoms with van der Waals surface area (Å²) in [5.74, 6) is 2.80. The van der Waals surface area contributed by atoms with E-state index in [0.717, 1.165) is 16.5 Å². The maximum absolute atomic E-state index is 10.4. The minimum atomic E-state index is -4.27. The molecule has 0 spiro atoms. The van der Waals surface area contributed by atoms with Crippen molar-refractivity contribution in [2.75, 3.05) is 17.8 Å². The first-order valence-electron chi connectivity index (χ1n) is 5.93. The normalized spacial score (nSPS) is 12.5. The molecule has 1 atom stereocenters. The Hall–Kier alpha value is -0.520. The van der Waals surface area contributed by atoms with Crippen LogP contribution >= 0.6 is 0 Å². The smallest absolute Gasteiger partial charge is 0.124 e. The fourth-order valence-corrected chi connectivity index (χ4v) is 2.65. The van der Waals surface area contributed by atoms with E-state index in [1.807, 2.05) is 6.92 Å². The second kappa shape index (κ2) is 8.56. The van der Waals surface area contributed by atoms with Gasteiger partial charge in [0.15, 0.2) is 0 Å². The van der Waals surface area contributed by atoms with Crippen molar-refractivity contribution in [1.29, 1.82) is 0 Å². The molecule has 0 saturated heterocycles. The molecule has 0 saturated carbocycles. The topological polar surface area (TPSA) is 57.2 Å². The number of aryl methyl sites for hydroxylation is 1. The van der Waals surface area contributed by atoms with Gasteiger partial charge in [-0.1, -0.05) is 24.6 Å². The summed E-state index contributed by atoms with van der Waals surface area (Å²) in [5.41, 5.74) is 0.928. The maximum atomic E-state index is 10.4. The van der Waals surface area contributed by atoms with Crippen LogP contribution in [0.2, 0.25) is 0 Å². The maximum Gasteiger partial charge on any atom is 0.124 e. The Morgan fingerprint density at radius 1 is 1.17 bits per heavy atom. The second-order valence-electron chi connectivity index (χ2n) is 4.04. The molecule has 0 radical (unpaired) electrons. The van der Waals surface area contributed by atoms with Gasteiger partial charge in [-0.2, -0.15) is 0 Å². The highest BCUT2D eigenvalue weighted by molar-refractivity contribution is 7.96. The van der Waals surface area contributed by atoms with Gasteiger partial charge >= 0.3 is 0 Å². The minimum Gasteiger partial charge on any atom is -0.744 e. The molecule has 1 aromatic carbocycles. The number of rotatable bonds is 4. The molecule has 18 heavy (non-hydrogen) atoms. The third-order valence-corrected chi connectivity index (χ3v) is 5.30. The van der Waals surface area contributed by atoms with Gasteiger partial charge in [0.05, 0.1) is 11.2 Å². The highest BCUT2D eigenvalue weighted by Gasteiger charge is 2.02. The molecule has 0 N–H and O–H groups in total. The fourth-order valence-electron chi connectivity index (χ4n) is 1.20. The summed E-state index contributed by atoms with van der Waals surface area (Å²) in [4.78, 5) is -0.178. The van der Waals surface area contributed by atoms with Crippen molar-refractivity contribution in [3.63, 3.8) is 0 Å². The van der Waals surface area contributed by atoms with Crippen LogP contribution < -0.4 is 0 Å². The Bertz CT molecular complexity index is 424. The van der Waals surface area contributed by atoms with Crippen molar-refractivity contribution in [3.8, 4) is 0 Å². The molecule has 0 aliphatic rings. The number of benzene rings is 1. The van der Waals surface area contributed by atoms with Crippen LogP contribution in [-0.4, -0.2) is 30.7 Å². The van der Waals surface area contributed by atoms with E-state index in [0.29, 0.717) is 0 Å². The van der Waals surface area contributed by atoms with Gasteiger partial charge in [0, 0.05) is 0 Å². The molecule has 5 heteroatoms. The van der Waals surface area contributed by atoms with Crippen LogP contribution in [0.1, 0.15) is 25.8 Å². The molecule has 3 nitrogen and oxygen atoms in total. The molecule has 104 valence electrons. The van der Waals surface area contributed by atoms with Crippen LogP contribution in [0.4, 0.5) is 0 Å². The Balaban J connectivity index is 0.000000360. The number of hydrogen-bond acceptors (Lipinski definition) is 3. The van der Waals surface area contributed by atoms with E-state index in [1.54, 1.807) is 12.1 Å². The Kier molecular flexibility index (Phi) is 8.31. The molecule has 0 bridgehead atoms. The average molecular weight is 290 g/mol. The molecule has 1 aromatic rings. The Labute approximate surface area is 114 Å². The zero-order chi connectivity index (χ0) is 14.2. The molecule has 0 aliphatic heterocycles. The SMILES string of the molecule is CCC[S+](C)CC.Cc1ccc(S(=O)(=O)[O-])cc1. The van der Waals surface area contributed by atoms with Crippen LogP contribution in [0, 0.1) is 6.92 Å². The predicted molar refractivity (Wildman–Crippen MR) is 78.1 cm³/mol. The van der Waals surface area contributed by atoms with Crippen molar-refractivity contribution in [1.82, 2.24) is 0 Å². The van der Waals surface area contributed by atoms with Crippen LogP contribution in [0.3, 0.4) is 0 Å². The van der Waals surface area contributed by atoms with Crippen LogP contribution in [0.5, 0.6) is 0 Å². The van der Waals surface area contributed by atoms with Gasteiger partial charge in [-0.25, -0.2) is 8.42 Å². The second-order valence-corrected chi connectivity index (χ2v) is 7.97. The molecule has 1 unspecified atom stereocenters. The summed E-state index contributed by atoms with van der Waals surface area (Å²) in [5, 5.41) is 0. The number of hydrogen-bond donors (Lipinski definition) is 0. The summed E-state index contributed by atoms with van der Waals surface area (Å²) in [6.45, 7) is 6.33. The van der Waals surface area contributed by atoms with Crippen molar-refractivity contribution in [2.24, 2.45) is 0 Å². The average Bonchev–Trinajstić information content (AvgIpc) is 2.29. The van der Waals surface area contributed by atoms with Gasteiger partial charge in [-0.3, -0.25) is 0 Å². The van der Waals surface area contributed by atoms with E-state index in [9.17, 15) is 13.0 Å². The lowest BCUT2D eigenvalue weighted by Gasteiger charge is -2.05. The molecular weight excluding hydrogens is 268 g/mol. The molecule has 0 aliphatic carbocycles. The van der Waals surface area contributed by atoms with E-state index >= 15 is 0 Å². The monoisotopic (exact) mass is 290 g/mol. The molecular formula is C13H22O3S2. The summed E-state index contributed by atoms with van der Waals surface area (Å²) >= 11 is 0. The zero-order valence-electron chi connectivity index (χ0n) is 11.5.